The molecular weight excluding hydrogens is 354 g/mol. The maximum Gasteiger partial charge on any atom is 0.410 e. The molecule has 0 bridgehead atoms. The topological polar surface area (TPSA) is 68.5 Å². The highest BCUT2D eigenvalue weighted by molar-refractivity contribution is 5.94. The minimum absolute atomic E-state index is 0.0255. The second-order valence-corrected chi connectivity index (χ2v) is 8.25. The summed E-state index contributed by atoms with van der Waals surface area (Å²) in [6.07, 6.45) is 1.51. The van der Waals surface area contributed by atoms with Crippen LogP contribution >= 0.6 is 0 Å². The van der Waals surface area contributed by atoms with Crippen LogP contribution < -0.4 is 0 Å². The molecule has 2 heterocycles. The van der Waals surface area contributed by atoms with E-state index in [4.69, 9.17) is 9.26 Å². The van der Waals surface area contributed by atoms with Crippen molar-refractivity contribution in [2.24, 2.45) is 0 Å². The van der Waals surface area contributed by atoms with Crippen LogP contribution in [0.25, 0.3) is 22.2 Å². The molecule has 2 aromatic carbocycles. The van der Waals surface area contributed by atoms with Crippen molar-refractivity contribution in [2.75, 3.05) is 13.1 Å². The van der Waals surface area contributed by atoms with Gasteiger partial charge in [-0.2, -0.15) is 4.98 Å². The summed E-state index contributed by atoms with van der Waals surface area (Å²) >= 11 is 0. The fourth-order valence-corrected chi connectivity index (χ4v) is 3.60. The van der Waals surface area contributed by atoms with E-state index in [-0.39, 0.29) is 12.0 Å². The number of benzene rings is 2. The summed E-state index contributed by atoms with van der Waals surface area (Å²) in [4.78, 5) is 18.8. The molecule has 1 saturated heterocycles. The molecular formula is C22H25N3O3. The minimum Gasteiger partial charge on any atom is -0.444 e. The molecule has 0 spiro atoms. The van der Waals surface area contributed by atoms with E-state index >= 15 is 0 Å². The van der Waals surface area contributed by atoms with Crippen molar-refractivity contribution in [3.8, 4) is 11.4 Å². The van der Waals surface area contributed by atoms with Gasteiger partial charge in [0.05, 0.1) is 5.92 Å². The predicted molar refractivity (Wildman–Crippen MR) is 107 cm³/mol. The Morgan fingerprint density at radius 3 is 2.79 bits per heavy atom. The highest BCUT2D eigenvalue weighted by Gasteiger charge is 2.31. The van der Waals surface area contributed by atoms with Crippen LogP contribution in [-0.2, 0) is 4.74 Å². The van der Waals surface area contributed by atoms with Gasteiger partial charge in [-0.05, 0) is 44.4 Å². The number of carbonyl (C=O) groups is 1. The van der Waals surface area contributed by atoms with E-state index in [2.05, 4.69) is 28.3 Å². The van der Waals surface area contributed by atoms with Crippen molar-refractivity contribution in [1.29, 1.82) is 0 Å². The van der Waals surface area contributed by atoms with Gasteiger partial charge in [0.2, 0.25) is 11.7 Å². The summed E-state index contributed by atoms with van der Waals surface area (Å²) in [6.45, 7) is 6.85. The first kappa shape index (κ1) is 18.5. The quantitative estimate of drug-likeness (QED) is 0.626. The lowest BCUT2D eigenvalue weighted by molar-refractivity contribution is 0.0189. The van der Waals surface area contributed by atoms with Crippen LogP contribution in [0.15, 0.2) is 47.0 Å². The zero-order valence-electron chi connectivity index (χ0n) is 16.5. The summed E-state index contributed by atoms with van der Waals surface area (Å²) in [5.74, 6) is 1.19. The molecule has 0 unspecified atom stereocenters. The van der Waals surface area contributed by atoms with Gasteiger partial charge in [-0.15, -0.1) is 0 Å². The Morgan fingerprint density at radius 1 is 1.18 bits per heavy atom. The molecule has 1 atom stereocenters. The molecule has 1 aliphatic heterocycles. The fourth-order valence-electron chi connectivity index (χ4n) is 3.60. The first-order valence-corrected chi connectivity index (χ1v) is 9.70. The first-order valence-electron chi connectivity index (χ1n) is 9.70. The number of aromatic nitrogens is 2. The Balaban J connectivity index is 1.55. The van der Waals surface area contributed by atoms with E-state index in [1.807, 2.05) is 45.0 Å². The Bertz CT molecular complexity index is 985. The van der Waals surface area contributed by atoms with Crippen LogP contribution in [0.5, 0.6) is 0 Å². The molecule has 1 amide bonds. The average Bonchev–Trinajstić information content (AvgIpc) is 3.16. The summed E-state index contributed by atoms with van der Waals surface area (Å²) in [6, 6.07) is 14.2. The van der Waals surface area contributed by atoms with E-state index in [1.165, 1.54) is 0 Å². The van der Waals surface area contributed by atoms with Gasteiger partial charge in [-0.1, -0.05) is 47.6 Å². The largest absolute Gasteiger partial charge is 0.444 e. The van der Waals surface area contributed by atoms with Gasteiger partial charge < -0.3 is 14.2 Å². The fraction of sp³-hybridized carbons (Fsp3) is 0.409. The Kier molecular flexibility index (Phi) is 4.79. The molecule has 1 fully saturated rings. The van der Waals surface area contributed by atoms with Gasteiger partial charge in [0, 0.05) is 18.7 Å². The molecule has 6 heteroatoms. The number of likely N-dealkylation sites (tertiary alicyclic amines) is 1. The molecule has 3 aromatic rings. The van der Waals surface area contributed by atoms with Gasteiger partial charge in [-0.25, -0.2) is 4.79 Å². The lowest BCUT2D eigenvalue weighted by Gasteiger charge is -2.32. The third-order valence-corrected chi connectivity index (χ3v) is 4.89. The Hall–Kier alpha value is -2.89. The van der Waals surface area contributed by atoms with Crippen molar-refractivity contribution >= 4 is 16.9 Å². The van der Waals surface area contributed by atoms with Gasteiger partial charge in [0.15, 0.2) is 0 Å². The molecule has 0 saturated carbocycles. The van der Waals surface area contributed by atoms with Crippen LogP contribution in [0.2, 0.25) is 0 Å². The number of hydrogen-bond acceptors (Lipinski definition) is 5. The number of fused-ring (bicyclic) bond motifs is 1. The second kappa shape index (κ2) is 7.26. The van der Waals surface area contributed by atoms with E-state index in [0.29, 0.717) is 24.8 Å². The zero-order chi connectivity index (χ0) is 19.7. The number of hydrogen-bond donors (Lipinski definition) is 0. The third kappa shape index (κ3) is 3.86. The Labute approximate surface area is 164 Å². The van der Waals surface area contributed by atoms with Crippen LogP contribution in [0.3, 0.4) is 0 Å². The molecule has 1 aliphatic rings. The minimum atomic E-state index is -0.504. The summed E-state index contributed by atoms with van der Waals surface area (Å²) < 4.78 is 11.1. The maximum atomic E-state index is 12.4. The number of amides is 1. The number of nitrogens with zero attached hydrogens (tertiary/aromatic N) is 3. The molecule has 0 N–H and O–H groups in total. The number of rotatable bonds is 2. The second-order valence-electron chi connectivity index (χ2n) is 8.25. The normalized spacial score (nSPS) is 17.7. The molecule has 4 rings (SSSR count). The smallest absolute Gasteiger partial charge is 0.410 e. The summed E-state index contributed by atoms with van der Waals surface area (Å²) in [5, 5.41) is 6.45. The third-order valence-electron chi connectivity index (χ3n) is 4.89. The molecule has 0 aliphatic carbocycles. The van der Waals surface area contributed by atoms with Crippen molar-refractivity contribution in [2.45, 2.75) is 45.1 Å². The molecule has 146 valence electrons. The van der Waals surface area contributed by atoms with Crippen LogP contribution in [0.4, 0.5) is 4.79 Å². The maximum absolute atomic E-state index is 12.4. The predicted octanol–water partition coefficient (Wildman–Crippen LogP) is 5.00. The summed E-state index contributed by atoms with van der Waals surface area (Å²) in [5.41, 5.74) is 0.448. The molecule has 6 nitrogen and oxygen atoms in total. The standard InChI is InChI=1S/C22H25N3O3/c1-22(2,3)27-21(26)25-13-7-10-16(14-25)20-23-19(24-28-20)18-12-6-9-15-8-4-5-11-17(15)18/h4-6,8-9,11-12,16H,7,10,13-14H2,1-3H3/t16-/m0/s1. The van der Waals surface area contributed by atoms with Crippen LogP contribution in [-0.4, -0.2) is 39.8 Å². The number of piperidine rings is 1. The average molecular weight is 379 g/mol. The van der Waals surface area contributed by atoms with Crippen molar-refractivity contribution in [3.05, 3.63) is 48.4 Å². The number of ether oxygens (including phenoxy) is 1. The van der Waals surface area contributed by atoms with E-state index in [0.717, 1.165) is 29.2 Å². The van der Waals surface area contributed by atoms with Crippen LogP contribution in [0, 0.1) is 0 Å². The monoisotopic (exact) mass is 379 g/mol. The summed E-state index contributed by atoms with van der Waals surface area (Å²) in [7, 11) is 0. The lowest BCUT2D eigenvalue weighted by Crippen LogP contribution is -2.42. The van der Waals surface area contributed by atoms with Crippen LogP contribution in [0.1, 0.15) is 45.4 Å². The first-order chi connectivity index (χ1) is 13.4. The number of carbonyl (C=O) groups excluding carboxylic acids is 1. The van der Waals surface area contributed by atoms with Crippen molar-refractivity contribution in [1.82, 2.24) is 15.0 Å². The molecule has 0 radical (unpaired) electrons. The van der Waals surface area contributed by atoms with Gasteiger partial charge in [0.1, 0.15) is 5.60 Å². The van der Waals surface area contributed by atoms with Gasteiger partial charge in [-0.3, -0.25) is 0 Å². The van der Waals surface area contributed by atoms with Crippen molar-refractivity contribution < 1.29 is 14.1 Å². The van der Waals surface area contributed by atoms with E-state index < -0.39 is 5.60 Å². The van der Waals surface area contributed by atoms with E-state index in [9.17, 15) is 4.79 Å². The van der Waals surface area contributed by atoms with Gasteiger partial charge >= 0.3 is 6.09 Å². The SMILES string of the molecule is CC(C)(C)OC(=O)N1CCC[C@H](c2nc(-c3cccc4ccccc34)no2)C1. The molecule has 1 aromatic heterocycles. The Morgan fingerprint density at radius 2 is 1.96 bits per heavy atom. The zero-order valence-corrected chi connectivity index (χ0v) is 16.5. The van der Waals surface area contributed by atoms with Crippen molar-refractivity contribution in [3.63, 3.8) is 0 Å². The highest BCUT2D eigenvalue weighted by atomic mass is 16.6. The lowest BCUT2D eigenvalue weighted by atomic mass is 9.98. The van der Waals surface area contributed by atoms with Gasteiger partial charge in [0.25, 0.3) is 0 Å². The highest BCUT2D eigenvalue weighted by Crippen LogP contribution is 2.31. The molecule has 28 heavy (non-hydrogen) atoms. The van der Waals surface area contributed by atoms with E-state index in [1.54, 1.807) is 4.90 Å².